The van der Waals surface area contributed by atoms with Crippen molar-refractivity contribution < 1.29 is 4.79 Å². The highest BCUT2D eigenvalue weighted by Gasteiger charge is 2.37. The first-order chi connectivity index (χ1) is 8.60. The maximum absolute atomic E-state index is 12.4. The van der Waals surface area contributed by atoms with Crippen LogP contribution < -0.4 is 10.6 Å². The van der Waals surface area contributed by atoms with Gasteiger partial charge in [0.05, 0.1) is 0 Å². The van der Waals surface area contributed by atoms with E-state index in [0.717, 1.165) is 25.6 Å². The van der Waals surface area contributed by atoms with Crippen molar-refractivity contribution in [3.8, 4) is 0 Å². The Balaban J connectivity index is 1.81. The molecule has 0 bridgehead atoms. The molecule has 2 N–H and O–H groups in total. The van der Waals surface area contributed by atoms with Crippen LogP contribution in [0.4, 0.5) is 0 Å². The van der Waals surface area contributed by atoms with Gasteiger partial charge in [-0.25, -0.2) is 0 Å². The second-order valence-electron chi connectivity index (χ2n) is 6.63. The van der Waals surface area contributed by atoms with Gasteiger partial charge in [-0.05, 0) is 50.6 Å². The molecule has 1 heterocycles. The Morgan fingerprint density at radius 2 is 1.94 bits per heavy atom. The molecule has 3 nitrogen and oxygen atoms in total. The fourth-order valence-electron chi connectivity index (χ4n) is 3.33. The van der Waals surface area contributed by atoms with Gasteiger partial charge >= 0.3 is 0 Å². The molecule has 1 unspecified atom stereocenters. The molecule has 1 atom stereocenters. The molecular formula is C15H28N2O. The number of carbonyl (C=O) groups is 1. The van der Waals surface area contributed by atoms with Crippen LogP contribution in [0.15, 0.2) is 0 Å². The van der Waals surface area contributed by atoms with Crippen LogP contribution in [0, 0.1) is 17.3 Å². The van der Waals surface area contributed by atoms with Crippen LogP contribution >= 0.6 is 0 Å². The highest BCUT2D eigenvalue weighted by molar-refractivity contribution is 5.82. The van der Waals surface area contributed by atoms with E-state index in [4.69, 9.17) is 0 Å². The van der Waals surface area contributed by atoms with Crippen LogP contribution in [-0.4, -0.2) is 25.5 Å². The molecule has 2 fully saturated rings. The van der Waals surface area contributed by atoms with Gasteiger partial charge in [0.2, 0.25) is 5.91 Å². The topological polar surface area (TPSA) is 41.1 Å². The summed E-state index contributed by atoms with van der Waals surface area (Å²) in [4.78, 5) is 12.4. The minimum absolute atomic E-state index is 0.230. The van der Waals surface area contributed by atoms with Crippen LogP contribution in [-0.2, 0) is 4.79 Å². The summed E-state index contributed by atoms with van der Waals surface area (Å²) in [5.74, 6) is 1.46. The van der Waals surface area contributed by atoms with Gasteiger partial charge in [0.25, 0.3) is 0 Å². The van der Waals surface area contributed by atoms with E-state index in [1.807, 2.05) is 0 Å². The fraction of sp³-hybridized carbons (Fsp3) is 0.933. The molecule has 2 aliphatic rings. The van der Waals surface area contributed by atoms with Gasteiger partial charge in [-0.1, -0.05) is 26.7 Å². The van der Waals surface area contributed by atoms with Crippen LogP contribution in [0.2, 0.25) is 0 Å². The molecule has 3 heteroatoms. The van der Waals surface area contributed by atoms with Crippen LogP contribution in [0.25, 0.3) is 0 Å². The first-order valence-electron chi connectivity index (χ1n) is 7.59. The molecule has 104 valence electrons. The Morgan fingerprint density at radius 1 is 1.22 bits per heavy atom. The molecule has 0 radical (unpaired) electrons. The van der Waals surface area contributed by atoms with E-state index in [2.05, 4.69) is 24.5 Å². The van der Waals surface area contributed by atoms with Gasteiger partial charge in [0.1, 0.15) is 0 Å². The summed E-state index contributed by atoms with van der Waals surface area (Å²) in [7, 11) is 0. The molecule has 1 aliphatic heterocycles. The quantitative estimate of drug-likeness (QED) is 0.806. The zero-order valence-corrected chi connectivity index (χ0v) is 11.9. The Kier molecular flexibility index (Phi) is 4.66. The van der Waals surface area contributed by atoms with Crippen molar-refractivity contribution in [1.29, 1.82) is 0 Å². The second kappa shape index (κ2) is 6.05. The lowest BCUT2D eigenvalue weighted by Crippen LogP contribution is -2.48. The van der Waals surface area contributed by atoms with Gasteiger partial charge in [0.15, 0.2) is 0 Å². The predicted octanol–water partition coefficient (Wildman–Crippen LogP) is 2.32. The molecule has 1 saturated heterocycles. The highest BCUT2D eigenvalue weighted by atomic mass is 16.2. The normalized spacial score (nSPS) is 26.2. The van der Waals surface area contributed by atoms with Crippen LogP contribution in [0.5, 0.6) is 0 Å². The fourth-order valence-corrected chi connectivity index (χ4v) is 3.33. The number of nitrogens with one attached hydrogen (secondary N) is 2. The van der Waals surface area contributed by atoms with Crippen molar-refractivity contribution >= 4 is 5.91 Å². The average molecular weight is 252 g/mol. The Hall–Kier alpha value is -0.570. The lowest BCUT2D eigenvalue weighted by Gasteiger charge is -2.36. The summed E-state index contributed by atoms with van der Waals surface area (Å²) < 4.78 is 0. The van der Waals surface area contributed by atoms with Crippen molar-refractivity contribution in [3.63, 3.8) is 0 Å². The Labute approximate surface area is 111 Å². The predicted molar refractivity (Wildman–Crippen MR) is 74.3 cm³/mol. The first-order valence-corrected chi connectivity index (χ1v) is 7.59. The number of rotatable bonds is 4. The van der Waals surface area contributed by atoms with E-state index in [0.29, 0.717) is 5.92 Å². The summed E-state index contributed by atoms with van der Waals surface area (Å²) in [6.07, 6.45) is 7.66. The first kappa shape index (κ1) is 13.9. The lowest BCUT2D eigenvalue weighted by atomic mass is 9.74. The highest BCUT2D eigenvalue weighted by Crippen LogP contribution is 2.32. The third-order valence-corrected chi connectivity index (χ3v) is 4.93. The zero-order chi connectivity index (χ0) is 13.0. The lowest BCUT2D eigenvalue weighted by molar-refractivity contribution is -0.132. The second-order valence-corrected chi connectivity index (χ2v) is 6.63. The molecule has 18 heavy (non-hydrogen) atoms. The van der Waals surface area contributed by atoms with Crippen molar-refractivity contribution in [3.05, 3.63) is 0 Å². The van der Waals surface area contributed by atoms with Crippen molar-refractivity contribution in [2.75, 3.05) is 19.6 Å². The van der Waals surface area contributed by atoms with Crippen molar-refractivity contribution in [2.24, 2.45) is 17.3 Å². The van der Waals surface area contributed by atoms with E-state index in [1.54, 1.807) is 0 Å². The summed E-state index contributed by atoms with van der Waals surface area (Å²) in [5.41, 5.74) is -0.230. The largest absolute Gasteiger partial charge is 0.355 e. The molecule has 1 amide bonds. The van der Waals surface area contributed by atoms with Crippen molar-refractivity contribution in [1.82, 2.24) is 10.6 Å². The number of piperidine rings is 1. The van der Waals surface area contributed by atoms with E-state index in [9.17, 15) is 4.79 Å². The van der Waals surface area contributed by atoms with Crippen LogP contribution in [0.1, 0.15) is 52.4 Å². The van der Waals surface area contributed by atoms with Crippen LogP contribution in [0.3, 0.4) is 0 Å². The number of hydrogen-bond acceptors (Lipinski definition) is 2. The minimum Gasteiger partial charge on any atom is -0.355 e. The van der Waals surface area contributed by atoms with E-state index >= 15 is 0 Å². The summed E-state index contributed by atoms with van der Waals surface area (Å²) >= 11 is 0. The molecule has 1 aliphatic carbocycles. The van der Waals surface area contributed by atoms with Gasteiger partial charge < -0.3 is 10.6 Å². The Morgan fingerprint density at radius 3 is 2.56 bits per heavy atom. The molecule has 0 aromatic heterocycles. The SMILES string of the molecule is CC(C)(C(=O)NCC1CCCC1)C1CCCNC1. The van der Waals surface area contributed by atoms with Gasteiger partial charge in [-0.15, -0.1) is 0 Å². The monoisotopic (exact) mass is 252 g/mol. The third kappa shape index (κ3) is 3.25. The minimum atomic E-state index is -0.230. The third-order valence-electron chi connectivity index (χ3n) is 4.93. The van der Waals surface area contributed by atoms with E-state index in [-0.39, 0.29) is 11.3 Å². The Bertz CT molecular complexity index is 276. The van der Waals surface area contributed by atoms with E-state index in [1.165, 1.54) is 38.5 Å². The summed E-state index contributed by atoms with van der Waals surface area (Å²) in [6, 6.07) is 0. The van der Waals surface area contributed by atoms with Crippen molar-refractivity contribution in [2.45, 2.75) is 52.4 Å². The summed E-state index contributed by atoms with van der Waals surface area (Å²) in [6.45, 7) is 7.20. The van der Waals surface area contributed by atoms with E-state index < -0.39 is 0 Å². The maximum atomic E-state index is 12.4. The molecule has 1 saturated carbocycles. The van der Waals surface area contributed by atoms with Gasteiger partial charge in [-0.2, -0.15) is 0 Å². The molecule has 0 spiro atoms. The number of amides is 1. The molecular weight excluding hydrogens is 224 g/mol. The summed E-state index contributed by atoms with van der Waals surface area (Å²) in [5, 5.41) is 6.61. The molecule has 2 rings (SSSR count). The smallest absolute Gasteiger partial charge is 0.225 e. The van der Waals surface area contributed by atoms with Gasteiger partial charge in [0, 0.05) is 12.0 Å². The van der Waals surface area contributed by atoms with Gasteiger partial charge in [-0.3, -0.25) is 4.79 Å². The zero-order valence-electron chi connectivity index (χ0n) is 11.9. The molecule has 0 aromatic rings. The number of hydrogen-bond donors (Lipinski definition) is 2. The standard InChI is InChI=1S/C15H28N2O/c1-15(2,13-8-5-9-16-11-13)14(18)17-10-12-6-3-4-7-12/h12-13,16H,3-11H2,1-2H3,(H,17,18). The number of carbonyl (C=O) groups excluding carboxylic acids is 1. The molecule has 0 aromatic carbocycles. The maximum Gasteiger partial charge on any atom is 0.225 e. The average Bonchev–Trinajstić information content (AvgIpc) is 2.90.